The fourth-order valence-electron chi connectivity index (χ4n) is 2.10. The summed E-state index contributed by atoms with van der Waals surface area (Å²) < 4.78 is 0. The Kier molecular flexibility index (Phi) is 3.87. The van der Waals surface area contributed by atoms with Gasteiger partial charge in [0.1, 0.15) is 5.54 Å². The molecule has 112 valence electrons. The van der Waals surface area contributed by atoms with E-state index in [-0.39, 0.29) is 22.2 Å². The maximum Gasteiger partial charge on any atom is 0.329 e. The highest BCUT2D eigenvalue weighted by Gasteiger charge is 2.48. The van der Waals surface area contributed by atoms with Gasteiger partial charge in [-0.1, -0.05) is 11.6 Å². The monoisotopic (exact) mass is 312 g/mol. The fourth-order valence-corrected chi connectivity index (χ4v) is 2.36. The van der Waals surface area contributed by atoms with Crippen LogP contribution in [0.4, 0.5) is 5.69 Å². The van der Waals surface area contributed by atoms with Crippen LogP contribution in [0.15, 0.2) is 18.2 Å². The van der Waals surface area contributed by atoms with Crippen LogP contribution in [-0.2, 0) is 4.79 Å². The summed E-state index contributed by atoms with van der Waals surface area (Å²) in [7, 11) is 0. The molecule has 1 saturated carbocycles. The predicted octanol–water partition coefficient (Wildman–Crippen LogP) is 2.23. The Morgan fingerprint density at radius 1 is 1.48 bits per heavy atom. The van der Waals surface area contributed by atoms with Gasteiger partial charge in [0, 0.05) is 12.1 Å². The number of nitrogens with one attached hydrogen (secondary N) is 1. The highest BCUT2D eigenvalue weighted by molar-refractivity contribution is 6.34. The van der Waals surface area contributed by atoms with E-state index in [2.05, 4.69) is 5.32 Å². The second-order valence-electron chi connectivity index (χ2n) is 5.16. The highest BCUT2D eigenvalue weighted by Crippen LogP contribution is 2.40. The van der Waals surface area contributed by atoms with E-state index in [1.165, 1.54) is 13.0 Å². The lowest BCUT2D eigenvalue weighted by Gasteiger charge is -2.26. The highest BCUT2D eigenvalue weighted by atomic mass is 35.5. The quantitative estimate of drug-likeness (QED) is 0.640. The molecule has 0 radical (unpaired) electrons. The minimum atomic E-state index is -1.36. The standard InChI is InChI=1S/C13H13ClN2O5/c1-13(12(18)19,7-2-3-7)15-11(17)9-5-4-8(16(20)21)6-10(9)14/h4-7H,2-3H2,1H3,(H,15,17)(H,18,19). The molecule has 0 spiro atoms. The number of nitro groups is 1. The smallest absolute Gasteiger partial charge is 0.329 e. The van der Waals surface area contributed by atoms with Crippen LogP contribution in [0.5, 0.6) is 0 Å². The van der Waals surface area contributed by atoms with Crippen LogP contribution in [0.2, 0.25) is 5.02 Å². The summed E-state index contributed by atoms with van der Waals surface area (Å²) in [5, 5.41) is 22.3. The van der Waals surface area contributed by atoms with Crippen LogP contribution in [0.1, 0.15) is 30.1 Å². The van der Waals surface area contributed by atoms with Gasteiger partial charge in [-0.25, -0.2) is 4.79 Å². The van der Waals surface area contributed by atoms with E-state index in [1.807, 2.05) is 0 Å². The number of nitrogens with zero attached hydrogens (tertiary/aromatic N) is 1. The van der Waals surface area contributed by atoms with Crippen LogP contribution < -0.4 is 5.32 Å². The molecule has 8 heteroatoms. The maximum atomic E-state index is 12.2. The van der Waals surface area contributed by atoms with Crippen molar-refractivity contribution in [3.05, 3.63) is 38.9 Å². The first-order valence-corrected chi connectivity index (χ1v) is 6.63. The molecule has 1 aliphatic carbocycles. The first-order chi connectivity index (χ1) is 9.75. The lowest BCUT2D eigenvalue weighted by Crippen LogP contribution is -2.54. The molecular weight excluding hydrogens is 300 g/mol. The molecule has 0 aromatic heterocycles. The van der Waals surface area contributed by atoms with Gasteiger partial charge in [-0.05, 0) is 31.7 Å². The van der Waals surface area contributed by atoms with E-state index < -0.39 is 22.3 Å². The third kappa shape index (κ3) is 2.97. The second kappa shape index (κ2) is 5.33. The van der Waals surface area contributed by atoms with Crippen LogP contribution in [0.3, 0.4) is 0 Å². The Hall–Kier alpha value is -2.15. The summed E-state index contributed by atoms with van der Waals surface area (Å²) in [5.74, 6) is -1.89. The maximum absolute atomic E-state index is 12.2. The lowest BCUT2D eigenvalue weighted by atomic mass is 9.95. The number of carbonyl (C=O) groups excluding carboxylic acids is 1. The Morgan fingerprint density at radius 3 is 2.52 bits per heavy atom. The van der Waals surface area contributed by atoms with Crippen molar-refractivity contribution in [1.29, 1.82) is 0 Å². The topological polar surface area (TPSA) is 110 Å². The van der Waals surface area contributed by atoms with Crippen molar-refractivity contribution in [3.63, 3.8) is 0 Å². The van der Waals surface area contributed by atoms with Crippen LogP contribution in [0, 0.1) is 16.0 Å². The predicted molar refractivity (Wildman–Crippen MR) is 74.3 cm³/mol. The molecule has 1 atom stereocenters. The molecule has 1 unspecified atom stereocenters. The second-order valence-corrected chi connectivity index (χ2v) is 5.56. The molecule has 1 aliphatic rings. The molecule has 1 amide bonds. The molecule has 0 saturated heterocycles. The Bertz CT molecular complexity index is 629. The Balaban J connectivity index is 2.24. The van der Waals surface area contributed by atoms with Crippen molar-refractivity contribution in [2.75, 3.05) is 0 Å². The van der Waals surface area contributed by atoms with E-state index in [1.54, 1.807) is 0 Å². The Labute approximate surface area is 125 Å². The fraction of sp³-hybridized carbons (Fsp3) is 0.385. The molecule has 1 fully saturated rings. The average molecular weight is 313 g/mol. The molecule has 2 N–H and O–H groups in total. The van der Waals surface area contributed by atoms with Crippen molar-refractivity contribution in [2.24, 2.45) is 5.92 Å². The molecular formula is C13H13ClN2O5. The van der Waals surface area contributed by atoms with Crippen molar-refractivity contribution in [1.82, 2.24) is 5.32 Å². The SMILES string of the molecule is CC(NC(=O)c1ccc([N+](=O)[O-])cc1Cl)(C(=O)O)C1CC1. The van der Waals surface area contributed by atoms with Gasteiger partial charge in [-0.2, -0.15) is 0 Å². The third-order valence-electron chi connectivity index (χ3n) is 3.62. The number of hydrogen-bond acceptors (Lipinski definition) is 4. The normalized spacial score (nSPS) is 16.9. The third-order valence-corrected chi connectivity index (χ3v) is 3.93. The number of carbonyl (C=O) groups is 2. The van der Waals surface area contributed by atoms with E-state index in [0.29, 0.717) is 0 Å². The van der Waals surface area contributed by atoms with Gasteiger partial charge in [-0.15, -0.1) is 0 Å². The van der Waals surface area contributed by atoms with Crippen LogP contribution >= 0.6 is 11.6 Å². The van der Waals surface area contributed by atoms with Gasteiger partial charge in [0.2, 0.25) is 0 Å². The summed E-state index contributed by atoms with van der Waals surface area (Å²) in [4.78, 5) is 33.5. The molecule has 1 aromatic carbocycles. The summed E-state index contributed by atoms with van der Waals surface area (Å²) >= 11 is 5.86. The number of nitro benzene ring substituents is 1. The zero-order valence-electron chi connectivity index (χ0n) is 11.1. The summed E-state index contributed by atoms with van der Waals surface area (Å²) in [6.45, 7) is 1.45. The molecule has 7 nitrogen and oxygen atoms in total. The lowest BCUT2D eigenvalue weighted by molar-refractivity contribution is -0.384. The number of aliphatic carboxylic acids is 1. The summed E-state index contributed by atoms with van der Waals surface area (Å²) in [5.41, 5.74) is -1.59. The number of halogens is 1. The van der Waals surface area contributed by atoms with Crippen LogP contribution in [0.25, 0.3) is 0 Å². The first-order valence-electron chi connectivity index (χ1n) is 6.25. The summed E-state index contributed by atoms with van der Waals surface area (Å²) in [6, 6.07) is 3.42. The number of carboxylic acid groups (broad SMARTS) is 1. The van der Waals surface area contributed by atoms with Crippen LogP contribution in [-0.4, -0.2) is 27.4 Å². The average Bonchev–Trinajstić information content (AvgIpc) is 3.22. The minimum Gasteiger partial charge on any atom is -0.480 e. The number of amides is 1. The molecule has 21 heavy (non-hydrogen) atoms. The van der Waals surface area contributed by atoms with Crippen molar-refractivity contribution in [3.8, 4) is 0 Å². The largest absolute Gasteiger partial charge is 0.480 e. The molecule has 0 heterocycles. The number of hydrogen-bond donors (Lipinski definition) is 2. The van der Waals surface area contributed by atoms with E-state index in [0.717, 1.165) is 25.0 Å². The minimum absolute atomic E-state index is 0.00962. The van der Waals surface area contributed by atoms with E-state index >= 15 is 0 Å². The zero-order chi connectivity index (χ0) is 15.8. The molecule has 2 rings (SSSR count). The van der Waals surface area contributed by atoms with Crippen molar-refractivity contribution >= 4 is 29.2 Å². The van der Waals surface area contributed by atoms with Gasteiger partial charge in [0.25, 0.3) is 11.6 Å². The van der Waals surface area contributed by atoms with Gasteiger partial charge in [0.15, 0.2) is 0 Å². The van der Waals surface area contributed by atoms with Crippen molar-refractivity contribution < 1.29 is 19.6 Å². The van der Waals surface area contributed by atoms with Crippen molar-refractivity contribution in [2.45, 2.75) is 25.3 Å². The van der Waals surface area contributed by atoms with Gasteiger partial charge in [-0.3, -0.25) is 14.9 Å². The molecule has 0 aliphatic heterocycles. The number of non-ortho nitro benzene ring substituents is 1. The van der Waals surface area contributed by atoms with E-state index in [9.17, 15) is 24.8 Å². The first kappa shape index (κ1) is 15.2. The van der Waals surface area contributed by atoms with Gasteiger partial charge >= 0.3 is 5.97 Å². The zero-order valence-corrected chi connectivity index (χ0v) is 11.9. The summed E-state index contributed by atoms with van der Waals surface area (Å²) in [6.07, 6.45) is 1.47. The van der Waals surface area contributed by atoms with E-state index in [4.69, 9.17) is 11.6 Å². The molecule has 1 aromatic rings. The number of benzene rings is 1. The number of carboxylic acids is 1. The number of rotatable bonds is 5. The Morgan fingerprint density at radius 2 is 2.10 bits per heavy atom. The van der Waals surface area contributed by atoms with Gasteiger partial charge < -0.3 is 10.4 Å². The molecule has 0 bridgehead atoms. The van der Waals surface area contributed by atoms with Gasteiger partial charge in [0.05, 0.1) is 15.5 Å².